The Balaban J connectivity index is 2.92. The second kappa shape index (κ2) is 3.56. The van der Waals surface area contributed by atoms with Crippen LogP contribution in [0.4, 0.5) is 0 Å². The maximum absolute atomic E-state index is 5.80. The molecule has 0 N–H and O–H groups in total. The number of halogens is 3. The molecule has 1 heterocycles. The number of nitrogens with zero attached hydrogens (tertiary/aromatic N) is 1. The largest absolute Gasteiger partial charge is 0.244 e. The number of rotatable bonds is 0. The monoisotopic (exact) mass is 319 g/mol. The fourth-order valence-corrected chi connectivity index (χ4v) is 2.21. The number of benzene rings is 1. The highest BCUT2D eigenvalue weighted by Crippen LogP contribution is 2.30. The SMILES string of the molecule is Clc1cc2c(Br)ccc(Br)c2cn1. The van der Waals surface area contributed by atoms with Crippen LogP contribution in [0.3, 0.4) is 0 Å². The van der Waals surface area contributed by atoms with E-state index in [0.717, 1.165) is 19.7 Å². The second-order valence-electron chi connectivity index (χ2n) is 2.58. The lowest BCUT2D eigenvalue weighted by Crippen LogP contribution is -1.80. The Hall–Kier alpha value is -0.120. The average molecular weight is 321 g/mol. The highest BCUT2D eigenvalue weighted by molar-refractivity contribution is 9.11. The van der Waals surface area contributed by atoms with E-state index in [1.165, 1.54) is 0 Å². The van der Waals surface area contributed by atoms with Crippen molar-refractivity contribution in [3.63, 3.8) is 0 Å². The normalized spacial score (nSPS) is 10.7. The van der Waals surface area contributed by atoms with Crippen LogP contribution in [0.1, 0.15) is 0 Å². The Morgan fingerprint density at radius 2 is 1.69 bits per heavy atom. The lowest BCUT2D eigenvalue weighted by Gasteiger charge is -2.02. The van der Waals surface area contributed by atoms with Crippen molar-refractivity contribution < 1.29 is 0 Å². The molecule has 2 rings (SSSR count). The third-order valence-corrected chi connectivity index (χ3v) is 3.35. The van der Waals surface area contributed by atoms with Crippen LogP contribution in [0.25, 0.3) is 10.8 Å². The molecule has 0 saturated heterocycles. The van der Waals surface area contributed by atoms with Crippen molar-refractivity contribution >= 4 is 54.2 Å². The molecule has 1 aromatic heterocycles. The van der Waals surface area contributed by atoms with Gasteiger partial charge in [0, 0.05) is 25.9 Å². The molecule has 0 amide bonds. The van der Waals surface area contributed by atoms with Gasteiger partial charge in [-0.15, -0.1) is 0 Å². The summed E-state index contributed by atoms with van der Waals surface area (Å²) < 4.78 is 2.05. The van der Waals surface area contributed by atoms with Gasteiger partial charge in [-0.3, -0.25) is 0 Å². The third-order valence-electron chi connectivity index (χ3n) is 1.76. The van der Waals surface area contributed by atoms with Crippen LogP contribution >= 0.6 is 43.5 Å². The fraction of sp³-hybridized carbons (Fsp3) is 0. The van der Waals surface area contributed by atoms with Crippen molar-refractivity contribution in [2.45, 2.75) is 0 Å². The van der Waals surface area contributed by atoms with E-state index >= 15 is 0 Å². The predicted octanol–water partition coefficient (Wildman–Crippen LogP) is 4.41. The van der Waals surface area contributed by atoms with Gasteiger partial charge in [-0.1, -0.05) is 43.5 Å². The van der Waals surface area contributed by atoms with Crippen molar-refractivity contribution in [2.75, 3.05) is 0 Å². The Kier molecular flexibility index (Phi) is 2.58. The molecule has 4 heteroatoms. The topological polar surface area (TPSA) is 12.9 Å². The number of hydrogen-bond acceptors (Lipinski definition) is 1. The van der Waals surface area contributed by atoms with Gasteiger partial charge in [0.1, 0.15) is 5.15 Å². The van der Waals surface area contributed by atoms with E-state index in [2.05, 4.69) is 36.8 Å². The highest BCUT2D eigenvalue weighted by atomic mass is 79.9. The summed E-state index contributed by atoms with van der Waals surface area (Å²) in [6.45, 7) is 0. The van der Waals surface area contributed by atoms with E-state index in [9.17, 15) is 0 Å². The molecule has 0 bridgehead atoms. The summed E-state index contributed by atoms with van der Waals surface area (Å²) in [5.41, 5.74) is 0. The second-order valence-corrected chi connectivity index (χ2v) is 4.68. The molecule has 0 atom stereocenters. The molecule has 1 aromatic carbocycles. The molecule has 13 heavy (non-hydrogen) atoms. The van der Waals surface area contributed by atoms with Crippen LogP contribution in [-0.2, 0) is 0 Å². The number of hydrogen-bond donors (Lipinski definition) is 0. The van der Waals surface area contributed by atoms with E-state index < -0.39 is 0 Å². The van der Waals surface area contributed by atoms with Crippen LogP contribution in [-0.4, -0.2) is 4.98 Å². The number of fused-ring (bicyclic) bond motifs is 1. The van der Waals surface area contributed by atoms with Crippen LogP contribution < -0.4 is 0 Å². The molecular formula is C9H4Br2ClN. The first kappa shape index (κ1) is 9.44. The zero-order valence-corrected chi connectivity index (χ0v) is 10.3. The highest BCUT2D eigenvalue weighted by Gasteiger charge is 2.03. The van der Waals surface area contributed by atoms with Crippen LogP contribution in [0, 0.1) is 0 Å². The Labute approximate surface area is 97.4 Å². The van der Waals surface area contributed by atoms with Crippen molar-refractivity contribution in [1.29, 1.82) is 0 Å². The summed E-state index contributed by atoms with van der Waals surface area (Å²) >= 11 is 12.7. The van der Waals surface area contributed by atoms with E-state index in [1.807, 2.05) is 18.2 Å². The Morgan fingerprint density at radius 1 is 1.08 bits per heavy atom. The van der Waals surface area contributed by atoms with Gasteiger partial charge in [0.05, 0.1) is 0 Å². The molecule has 66 valence electrons. The first-order valence-corrected chi connectivity index (χ1v) is 5.54. The molecule has 0 fully saturated rings. The van der Waals surface area contributed by atoms with Gasteiger partial charge >= 0.3 is 0 Å². The molecule has 0 radical (unpaired) electrons. The smallest absolute Gasteiger partial charge is 0.129 e. The first-order valence-electron chi connectivity index (χ1n) is 3.58. The molecule has 2 aromatic rings. The maximum atomic E-state index is 5.80. The summed E-state index contributed by atoms with van der Waals surface area (Å²) in [5, 5.41) is 2.62. The van der Waals surface area contributed by atoms with Crippen molar-refractivity contribution in [3.05, 3.63) is 38.5 Å². The minimum absolute atomic E-state index is 0.506. The van der Waals surface area contributed by atoms with Gasteiger partial charge in [-0.2, -0.15) is 0 Å². The average Bonchev–Trinajstić information content (AvgIpc) is 2.12. The molecular weight excluding hydrogens is 317 g/mol. The van der Waals surface area contributed by atoms with Gasteiger partial charge in [-0.05, 0) is 18.2 Å². The van der Waals surface area contributed by atoms with E-state index in [1.54, 1.807) is 6.20 Å². The summed E-state index contributed by atoms with van der Waals surface area (Å²) in [6.07, 6.45) is 1.76. The molecule has 1 nitrogen and oxygen atoms in total. The van der Waals surface area contributed by atoms with Crippen molar-refractivity contribution in [3.8, 4) is 0 Å². The lowest BCUT2D eigenvalue weighted by atomic mass is 10.2. The molecule has 0 unspecified atom stereocenters. The molecule has 0 spiro atoms. The zero-order valence-electron chi connectivity index (χ0n) is 6.39. The van der Waals surface area contributed by atoms with E-state index in [-0.39, 0.29) is 0 Å². The summed E-state index contributed by atoms with van der Waals surface area (Å²) in [7, 11) is 0. The number of aromatic nitrogens is 1. The Morgan fingerprint density at radius 3 is 2.38 bits per heavy atom. The Bertz CT molecular complexity index is 470. The van der Waals surface area contributed by atoms with Gasteiger partial charge in [0.25, 0.3) is 0 Å². The van der Waals surface area contributed by atoms with E-state index in [4.69, 9.17) is 11.6 Å². The summed E-state index contributed by atoms with van der Waals surface area (Å²) in [6, 6.07) is 5.79. The lowest BCUT2D eigenvalue weighted by molar-refractivity contribution is 1.36. The minimum atomic E-state index is 0.506. The molecule has 0 aliphatic heterocycles. The predicted molar refractivity (Wildman–Crippen MR) is 62.2 cm³/mol. The van der Waals surface area contributed by atoms with E-state index in [0.29, 0.717) is 5.15 Å². The van der Waals surface area contributed by atoms with Gasteiger partial charge in [-0.25, -0.2) is 4.98 Å². The summed E-state index contributed by atoms with van der Waals surface area (Å²) in [4.78, 5) is 4.02. The zero-order chi connectivity index (χ0) is 9.42. The number of pyridine rings is 1. The van der Waals surface area contributed by atoms with Gasteiger partial charge < -0.3 is 0 Å². The van der Waals surface area contributed by atoms with Crippen LogP contribution in [0.2, 0.25) is 5.15 Å². The van der Waals surface area contributed by atoms with Crippen molar-refractivity contribution in [2.24, 2.45) is 0 Å². The first-order chi connectivity index (χ1) is 6.18. The fourth-order valence-electron chi connectivity index (χ4n) is 1.14. The quantitative estimate of drug-likeness (QED) is 0.655. The summed E-state index contributed by atoms with van der Waals surface area (Å²) in [5.74, 6) is 0. The maximum Gasteiger partial charge on any atom is 0.129 e. The minimum Gasteiger partial charge on any atom is -0.244 e. The van der Waals surface area contributed by atoms with Crippen molar-refractivity contribution in [1.82, 2.24) is 4.98 Å². The van der Waals surface area contributed by atoms with Gasteiger partial charge in [0.2, 0.25) is 0 Å². The molecule has 0 aliphatic carbocycles. The van der Waals surface area contributed by atoms with Gasteiger partial charge in [0.15, 0.2) is 0 Å². The van der Waals surface area contributed by atoms with Crippen LogP contribution in [0.15, 0.2) is 33.3 Å². The third kappa shape index (κ3) is 1.73. The van der Waals surface area contributed by atoms with Crippen LogP contribution in [0.5, 0.6) is 0 Å². The standard InChI is InChI=1S/C9H4Br2ClN/c10-7-1-2-8(11)6-4-13-9(12)3-5(6)7/h1-4H. The molecule has 0 saturated carbocycles. The molecule has 0 aliphatic rings.